The second kappa shape index (κ2) is 5.64. The fraction of sp³-hybridized carbons (Fsp3) is 0.500. The Labute approximate surface area is 145 Å². The number of hydrogen-bond acceptors (Lipinski definition) is 5. The van der Waals surface area contributed by atoms with Crippen LogP contribution in [0.1, 0.15) is 25.2 Å². The normalized spacial score (nSPS) is 18.2. The maximum Gasteiger partial charge on any atom is 0.262 e. The highest BCUT2D eigenvalue weighted by molar-refractivity contribution is 5.81. The zero-order valence-electron chi connectivity index (χ0n) is 15.1. The van der Waals surface area contributed by atoms with E-state index in [1.165, 1.54) is 0 Å². The fourth-order valence-electron chi connectivity index (χ4n) is 3.61. The maximum absolute atomic E-state index is 12.6. The summed E-state index contributed by atoms with van der Waals surface area (Å²) in [6.07, 6.45) is 0. The predicted octanol–water partition coefficient (Wildman–Crippen LogP) is 1.50. The first kappa shape index (κ1) is 16.2. The Hall–Kier alpha value is -2.25. The third-order valence-corrected chi connectivity index (χ3v) is 4.81. The third kappa shape index (κ3) is 2.73. The summed E-state index contributed by atoms with van der Waals surface area (Å²) in [5, 5.41) is 9.35. The summed E-state index contributed by atoms with van der Waals surface area (Å²) in [5.74, 6) is 1.42. The Kier molecular flexibility index (Phi) is 3.66. The van der Waals surface area contributed by atoms with Gasteiger partial charge >= 0.3 is 0 Å². The lowest BCUT2D eigenvalue weighted by Gasteiger charge is -2.37. The Balaban J connectivity index is 1.86. The van der Waals surface area contributed by atoms with Gasteiger partial charge in [0.25, 0.3) is 5.56 Å². The van der Waals surface area contributed by atoms with Gasteiger partial charge in [-0.1, -0.05) is 11.6 Å². The van der Waals surface area contributed by atoms with E-state index in [-0.39, 0.29) is 11.2 Å². The number of aromatic nitrogens is 4. The van der Waals surface area contributed by atoms with Crippen molar-refractivity contribution in [3.05, 3.63) is 39.9 Å². The summed E-state index contributed by atoms with van der Waals surface area (Å²) >= 11 is 0. The molecule has 1 fully saturated rings. The van der Waals surface area contributed by atoms with Gasteiger partial charge in [0.05, 0.1) is 29.7 Å². The Bertz CT molecular complexity index is 1020. The van der Waals surface area contributed by atoms with E-state index in [9.17, 15) is 4.79 Å². The van der Waals surface area contributed by atoms with E-state index in [0.717, 1.165) is 30.0 Å². The van der Waals surface area contributed by atoms with Gasteiger partial charge in [-0.3, -0.25) is 18.7 Å². The van der Waals surface area contributed by atoms with Crippen molar-refractivity contribution in [2.24, 2.45) is 7.05 Å². The quantitative estimate of drug-likeness (QED) is 0.707. The standard InChI is InChI=1S/C18H23N5O2/c1-12-5-6-14-13(9-12)16(24)21(4)17-20-19-15(23(14)17)10-22-7-8-25-18(2,3)11-22/h5-6,9H,7-8,10-11H2,1-4H3. The molecular weight excluding hydrogens is 318 g/mol. The Morgan fingerprint density at radius 3 is 2.84 bits per heavy atom. The Morgan fingerprint density at radius 2 is 2.08 bits per heavy atom. The summed E-state index contributed by atoms with van der Waals surface area (Å²) in [7, 11) is 1.75. The van der Waals surface area contributed by atoms with Crippen molar-refractivity contribution < 1.29 is 4.74 Å². The van der Waals surface area contributed by atoms with Gasteiger partial charge in [-0.15, -0.1) is 10.2 Å². The maximum atomic E-state index is 12.6. The molecule has 3 heterocycles. The third-order valence-electron chi connectivity index (χ3n) is 4.81. The highest BCUT2D eigenvalue weighted by Gasteiger charge is 2.28. The minimum absolute atomic E-state index is 0.0438. The average molecular weight is 341 g/mol. The molecule has 25 heavy (non-hydrogen) atoms. The number of ether oxygens (including phenoxy) is 1. The van der Waals surface area contributed by atoms with Crippen LogP contribution in [0.25, 0.3) is 16.7 Å². The molecule has 7 nitrogen and oxygen atoms in total. The summed E-state index contributed by atoms with van der Waals surface area (Å²) in [5.41, 5.74) is 1.72. The van der Waals surface area contributed by atoms with Crippen LogP contribution in [0, 0.1) is 6.92 Å². The van der Waals surface area contributed by atoms with E-state index < -0.39 is 0 Å². The summed E-state index contributed by atoms with van der Waals surface area (Å²) < 4.78 is 9.36. The second-order valence-electron chi connectivity index (χ2n) is 7.46. The highest BCUT2D eigenvalue weighted by atomic mass is 16.5. The zero-order chi connectivity index (χ0) is 17.8. The van der Waals surface area contributed by atoms with Crippen molar-refractivity contribution in [1.82, 2.24) is 24.1 Å². The summed E-state index contributed by atoms with van der Waals surface area (Å²) in [6.45, 7) is 9.28. The van der Waals surface area contributed by atoms with Gasteiger partial charge in [0.15, 0.2) is 5.82 Å². The number of rotatable bonds is 2. The minimum atomic E-state index is -0.162. The summed E-state index contributed by atoms with van der Waals surface area (Å²) in [6, 6.07) is 5.93. The van der Waals surface area contributed by atoms with Crippen LogP contribution in [-0.4, -0.2) is 49.4 Å². The van der Waals surface area contributed by atoms with Crippen LogP contribution in [0.4, 0.5) is 0 Å². The fourth-order valence-corrected chi connectivity index (χ4v) is 3.61. The van der Waals surface area contributed by atoms with Gasteiger partial charge in [-0.2, -0.15) is 0 Å². The lowest BCUT2D eigenvalue weighted by atomic mass is 10.1. The van der Waals surface area contributed by atoms with E-state index in [2.05, 4.69) is 28.9 Å². The number of aryl methyl sites for hydroxylation is 2. The van der Waals surface area contributed by atoms with Crippen molar-refractivity contribution >= 4 is 16.7 Å². The van der Waals surface area contributed by atoms with Crippen molar-refractivity contribution in [2.45, 2.75) is 32.9 Å². The van der Waals surface area contributed by atoms with Crippen molar-refractivity contribution in [3.8, 4) is 0 Å². The molecule has 7 heteroatoms. The molecule has 4 rings (SSSR count). The van der Waals surface area contributed by atoms with Gasteiger partial charge in [0.2, 0.25) is 5.78 Å². The second-order valence-corrected chi connectivity index (χ2v) is 7.46. The van der Waals surface area contributed by atoms with Gasteiger partial charge < -0.3 is 4.74 Å². The first-order chi connectivity index (χ1) is 11.9. The molecule has 1 aliphatic heterocycles. The van der Waals surface area contributed by atoms with E-state index >= 15 is 0 Å². The van der Waals surface area contributed by atoms with Crippen molar-refractivity contribution in [3.63, 3.8) is 0 Å². The van der Waals surface area contributed by atoms with Crippen LogP contribution in [-0.2, 0) is 18.3 Å². The minimum Gasteiger partial charge on any atom is -0.373 e. The molecular formula is C18H23N5O2. The van der Waals surface area contributed by atoms with Gasteiger partial charge in [0.1, 0.15) is 0 Å². The molecule has 0 radical (unpaired) electrons. The molecule has 0 unspecified atom stereocenters. The monoisotopic (exact) mass is 341 g/mol. The van der Waals surface area contributed by atoms with Crippen molar-refractivity contribution in [2.75, 3.05) is 19.7 Å². The molecule has 0 saturated carbocycles. The number of fused-ring (bicyclic) bond motifs is 3. The lowest BCUT2D eigenvalue weighted by molar-refractivity contribution is -0.0888. The van der Waals surface area contributed by atoms with E-state index in [4.69, 9.17) is 4.74 Å². The van der Waals surface area contributed by atoms with Gasteiger partial charge in [0, 0.05) is 20.1 Å². The molecule has 0 spiro atoms. The first-order valence-electron chi connectivity index (χ1n) is 8.55. The van der Waals surface area contributed by atoms with Gasteiger partial charge in [-0.05, 0) is 32.9 Å². The van der Waals surface area contributed by atoms with Crippen LogP contribution < -0.4 is 5.56 Å². The SMILES string of the molecule is Cc1ccc2c(c1)c(=O)n(C)c1nnc(CN3CCOC(C)(C)C3)n21. The summed E-state index contributed by atoms with van der Waals surface area (Å²) in [4.78, 5) is 15.0. The zero-order valence-corrected chi connectivity index (χ0v) is 15.1. The lowest BCUT2D eigenvalue weighted by Crippen LogP contribution is -2.47. The molecule has 0 amide bonds. The predicted molar refractivity (Wildman–Crippen MR) is 95.8 cm³/mol. The van der Waals surface area contributed by atoms with Crippen LogP contribution in [0.15, 0.2) is 23.0 Å². The number of nitrogens with zero attached hydrogens (tertiary/aromatic N) is 5. The van der Waals surface area contributed by atoms with Crippen LogP contribution >= 0.6 is 0 Å². The van der Waals surface area contributed by atoms with Gasteiger partial charge in [-0.25, -0.2) is 0 Å². The molecule has 0 atom stereocenters. The first-order valence-corrected chi connectivity index (χ1v) is 8.55. The van der Waals surface area contributed by atoms with Crippen molar-refractivity contribution in [1.29, 1.82) is 0 Å². The molecule has 3 aromatic rings. The van der Waals surface area contributed by atoms with Crippen LogP contribution in [0.5, 0.6) is 0 Å². The van der Waals surface area contributed by atoms with E-state index in [0.29, 0.717) is 24.3 Å². The van der Waals surface area contributed by atoms with E-state index in [1.54, 1.807) is 11.6 Å². The Morgan fingerprint density at radius 1 is 1.28 bits per heavy atom. The molecule has 0 bridgehead atoms. The molecule has 0 N–H and O–H groups in total. The molecule has 1 aliphatic rings. The molecule has 0 aliphatic carbocycles. The largest absolute Gasteiger partial charge is 0.373 e. The highest BCUT2D eigenvalue weighted by Crippen LogP contribution is 2.20. The molecule has 1 saturated heterocycles. The molecule has 2 aromatic heterocycles. The molecule has 1 aromatic carbocycles. The van der Waals surface area contributed by atoms with Crippen LogP contribution in [0.2, 0.25) is 0 Å². The van der Waals surface area contributed by atoms with E-state index in [1.807, 2.05) is 29.5 Å². The topological polar surface area (TPSA) is 64.7 Å². The number of morpholine rings is 1. The average Bonchev–Trinajstić information content (AvgIpc) is 2.95. The number of hydrogen-bond donors (Lipinski definition) is 0. The molecule has 132 valence electrons. The number of benzene rings is 1. The van der Waals surface area contributed by atoms with Crippen LogP contribution in [0.3, 0.4) is 0 Å². The smallest absolute Gasteiger partial charge is 0.262 e.